The third kappa shape index (κ3) is 2.34. The first-order valence-electron chi connectivity index (χ1n) is 4.81. The molecule has 1 aliphatic carbocycles. The molecule has 0 radical (unpaired) electrons. The first kappa shape index (κ1) is 11.0. The van der Waals surface area contributed by atoms with Crippen molar-refractivity contribution in [2.24, 2.45) is 0 Å². The number of hydrogen-bond acceptors (Lipinski definition) is 2. The molecule has 0 fully saturated rings. The van der Waals surface area contributed by atoms with Gasteiger partial charge in [0.1, 0.15) is 0 Å². The summed E-state index contributed by atoms with van der Waals surface area (Å²) in [6.45, 7) is 0. The van der Waals surface area contributed by atoms with Gasteiger partial charge in [-0.05, 0) is 34.3 Å². The number of nitrogens with zero attached hydrogens (tertiary/aromatic N) is 1. The lowest BCUT2D eigenvalue weighted by atomic mass is 9.96. The molecule has 0 N–H and O–H groups in total. The lowest BCUT2D eigenvalue weighted by Crippen LogP contribution is -2.14. The van der Waals surface area contributed by atoms with E-state index >= 15 is 0 Å². The molecule has 78 valence electrons. The summed E-state index contributed by atoms with van der Waals surface area (Å²) in [7, 11) is 0. The summed E-state index contributed by atoms with van der Waals surface area (Å²) in [5.74, 6) is 0.376. The third-order valence-electron chi connectivity index (χ3n) is 2.46. The summed E-state index contributed by atoms with van der Waals surface area (Å²) in [5.41, 5.74) is 1.12. The molecule has 0 amide bonds. The maximum Gasteiger partial charge on any atom is 0.0628 e. The SMILES string of the molecule is CSC1C=CC=CC1c1ncccc1Br. The molecule has 2 rings (SSSR count). The number of thioether (sulfide) groups is 1. The number of rotatable bonds is 2. The quantitative estimate of drug-likeness (QED) is 0.818. The monoisotopic (exact) mass is 281 g/mol. The average Bonchev–Trinajstić information content (AvgIpc) is 2.30. The normalized spacial score (nSPS) is 24.4. The van der Waals surface area contributed by atoms with Gasteiger partial charge < -0.3 is 0 Å². The second-order valence-corrected chi connectivity index (χ2v) is 5.24. The first-order chi connectivity index (χ1) is 7.33. The van der Waals surface area contributed by atoms with Crippen LogP contribution in [0.2, 0.25) is 0 Å². The average molecular weight is 282 g/mol. The Balaban J connectivity index is 2.34. The Kier molecular flexibility index (Phi) is 3.65. The van der Waals surface area contributed by atoms with Gasteiger partial charge in [-0.15, -0.1) is 0 Å². The maximum absolute atomic E-state index is 4.45. The third-order valence-corrected chi connectivity index (χ3v) is 4.12. The van der Waals surface area contributed by atoms with Gasteiger partial charge in [0.15, 0.2) is 0 Å². The molecule has 0 spiro atoms. The lowest BCUT2D eigenvalue weighted by molar-refractivity contribution is 0.825. The molecule has 0 bridgehead atoms. The van der Waals surface area contributed by atoms with Crippen LogP contribution in [0.1, 0.15) is 11.6 Å². The van der Waals surface area contributed by atoms with Crippen LogP contribution in [0.5, 0.6) is 0 Å². The van der Waals surface area contributed by atoms with E-state index in [9.17, 15) is 0 Å². The standard InChI is InChI=1S/C12H12BrNS/c1-15-11-7-3-2-5-9(11)12-10(13)6-4-8-14-12/h2-9,11H,1H3. The minimum absolute atomic E-state index is 0.376. The van der Waals surface area contributed by atoms with Gasteiger partial charge in [0, 0.05) is 21.8 Å². The topological polar surface area (TPSA) is 12.9 Å². The largest absolute Gasteiger partial charge is 0.259 e. The van der Waals surface area contributed by atoms with Crippen molar-refractivity contribution in [1.82, 2.24) is 4.98 Å². The van der Waals surface area contributed by atoms with Crippen LogP contribution in [-0.4, -0.2) is 16.5 Å². The zero-order chi connectivity index (χ0) is 10.7. The molecule has 1 heterocycles. The molecular formula is C12H12BrNS. The summed E-state index contributed by atoms with van der Waals surface area (Å²) in [4.78, 5) is 4.45. The molecule has 1 aromatic rings. The van der Waals surface area contributed by atoms with Gasteiger partial charge in [-0.1, -0.05) is 24.3 Å². The molecular weight excluding hydrogens is 270 g/mol. The molecule has 2 unspecified atom stereocenters. The minimum atomic E-state index is 0.376. The van der Waals surface area contributed by atoms with Crippen LogP contribution in [0, 0.1) is 0 Å². The van der Waals surface area contributed by atoms with Crippen LogP contribution >= 0.6 is 27.7 Å². The van der Waals surface area contributed by atoms with E-state index < -0.39 is 0 Å². The molecule has 0 saturated carbocycles. The van der Waals surface area contributed by atoms with Crippen LogP contribution in [0.15, 0.2) is 47.1 Å². The molecule has 3 heteroatoms. The smallest absolute Gasteiger partial charge is 0.0628 e. The highest BCUT2D eigenvalue weighted by Crippen LogP contribution is 2.34. The Morgan fingerprint density at radius 1 is 1.33 bits per heavy atom. The predicted molar refractivity (Wildman–Crippen MR) is 70.3 cm³/mol. The van der Waals surface area contributed by atoms with Gasteiger partial charge in [-0.25, -0.2) is 0 Å². The summed E-state index contributed by atoms with van der Waals surface area (Å²) in [6, 6.07) is 4.00. The van der Waals surface area contributed by atoms with Crippen molar-refractivity contribution >= 4 is 27.7 Å². The highest BCUT2D eigenvalue weighted by molar-refractivity contribution is 9.10. The van der Waals surface area contributed by atoms with Crippen molar-refractivity contribution < 1.29 is 0 Å². The van der Waals surface area contributed by atoms with Crippen molar-refractivity contribution in [3.05, 3.63) is 52.8 Å². The van der Waals surface area contributed by atoms with E-state index in [1.165, 1.54) is 0 Å². The van der Waals surface area contributed by atoms with E-state index in [1.54, 1.807) is 0 Å². The molecule has 0 saturated heterocycles. The first-order valence-corrected chi connectivity index (χ1v) is 6.89. The van der Waals surface area contributed by atoms with Crippen LogP contribution in [-0.2, 0) is 0 Å². The van der Waals surface area contributed by atoms with Gasteiger partial charge in [0.25, 0.3) is 0 Å². The molecule has 0 aliphatic heterocycles. The van der Waals surface area contributed by atoms with Crippen LogP contribution in [0.25, 0.3) is 0 Å². The second-order valence-electron chi connectivity index (χ2n) is 3.37. The highest BCUT2D eigenvalue weighted by Gasteiger charge is 2.22. The van der Waals surface area contributed by atoms with Crippen LogP contribution in [0.3, 0.4) is 0 Å². The Morgan fingerprint density at radius 3 is 2.87 bits per heavy atom. The van der Waals surface area contributed by atoms with Crippen LogP contribution < -0.4 is 0 Å². The van der Waals surface area contributed by atoms with E-state index in [1.807, 2.05) is 30.1 Å². The molecule has 1 aliphatic rings. The second kappa shape index (κ2) is 4.99. The van der Waals surface area contributed by atoms with Gasteiger partial charge in [-0.2, -0.15) is 11.8 Å². The van der Waals surface area contributed by atoms with Crippen molar-refractivity contribution in [2.45, 2.75) is 11.2 Å². The zero-order valence-electron chi connectivity index (χ0n) is 8.43. The van der Waals surface area contributed by atoms with Crippen molar-refractivity contribution in [3.8, 4) is 0 Å². The van der Waals surface area contributed by atoms with Gasteiger partial charge >= 0.3 is 0 Å². The predicted octanol–water partition coefficient (Wildman–Crippen LogP) is 3.79. The van der Waals surface area contributed by atoms with Crippen molar-refractivity contribution in [3.63, 3.8) is 0 Å². The molecule has 0 aromatic carbocycles. The maximum atomic E-state index is 4.45. The van der Waals surface area contributed by atoms with E-state index in [0.717, 1.165) is 10.2 Å². The number of hydrogen-bond donors (Lipinski definition) is 0. The number of allylic oxidation sites excluding steroid dienone is 3. The fourth-order valence-electron chi connectivity index (χ4n) is 1.70. The number of pyridine rings is 1. The van der Waals surface area contributed by atoms with Crippen LogP contribution in [0.4, 0.5) is 0 Å². The molecule has 2 atom stereocenters. The zero-order valence-corrected chi connectivity index (χ0v) is 10.8. The van der Waals surface area contributed by atoms with Crippen molar-refractivity contribution in [1.29, 1.82) is 0 Å². The fraction of sp³-hybridized carbons (Fsp3) is 0.250. The van der Waals surface area contributed by atoms with Gasteiger partial charge in [-0.3, -0.25) is 4.98 Å². The van der Waals surface area contributed by atoms with E-state index in [-0.39, 0.29) is 0 Å². The molecule has 15 heavy (non-hydrogen) atoms. The Hall–Kier alpha value is -0.540. The number of aromatic nitrogens is 1. The lowest BCUT2D eigenvalue weighted by Gasteiger charge is -2.22. The highest BCUT2D eigenvalue weighted by atomic mass is 79.9. The summed E-state index contributed by atoms with van der Waals surface area (Å²) < 4.78 is 1.09. The summed E-state index contributed by atoms with van der Waals surface area (Å²) in [5, 5.41) is 0.487. The Morgan fingerprint density at radius 2 is 2.13 bits per heavy atom. The Bertz CT molecular complexity index is 400. The van der Waals surface area contributed by atoms with E-state index in [2.05, 4.69) is 51.5 Å². The van der Waals surface area contributed by atoms with E-state index in [0.29, 0.717) is 11.2 Å². The summed E-state index contributed by atoms with van der Waals surface area (Å²) in [6.07, 6.45) is 12.6. The molecule has 1 nitrogen and oxygen atoms in total. The minimum Gasteiger partial charge on any atom is -0.259 e. The van der Waals surface area contributed by atoms with E-state index in [4.69, 9.17) is 0 Å². The van der Waals surface area contributed by atoms with Gasteiger partial charge in [0.2, 0.25) is 0 Å². The van der Waals surface area contributed by atoms with Gasteiger partial charge in [0.05, 0.1) is 5.69 Å². The fourth-order valence-corrected chi connectivity index (χ4v) is 2.98. The number of halogens is 1. The molecule has 1 aromatic heterocycles. The van der Waals surface area contributed by atoms with Crippen molar-refractivity contribution in [2.75, 3.05) is 6.26 Å². The summed E-state index contributed by atoms with van der Waals surface area (Å²) >= 11 is 5.42. The Labute approximate surface area is 103 Å².